The van der Waals surface area contributed by atoms with Gasteiger partial charge in [-0.3, -0.25) is 0 Å². The Hall–Kier alpha value is -2.92. The van der Waals surface area contributed by atoms with Gasteiger partial charge in [0.2, 0.25) is 0 Å². The van der Waals surface area contributed by atoms with Crippen LogP contribution in [0.1, 0.15) is 11.1 Å². The number of nitrogens with one attached hydrogen (secondary N) is 1. The second-order valence-electron chi connectivity index (χ2n) is 5.49. The lowest BCUT2D eigenvalue weighted by atomic mass is 10.0. The van der Waals surface area contributed by atoms with Gasteiger partial charge in [-0.2, -0.15) is 18.4 Å². The van der Waals surface area contributed by atoms with Gasteiger partial charge in [0.25, 0.3) is 10.0 Å². The topological polar surface area (TPSA) is 58.5 Å². The first kappa shape index (κ1) is 16.9. The van der Waals surface area contributed by atoms with E-state index in [0.29, 0.717) is 12.1 Å². The van der Waals surface area contributed by atoms with Gasteiger partial charge in [0, 0.05) is 6.42 Å². The molecule has 0 spiro atoms. The van der Waals surface area contributed by atoms with Crippen LogP contribution >= 0.6 is 0 Å². The molecule has 126 valence electrons. The maximum atomic E-state index is 12.4. The summed E-state index contributed by atoms with van der Waals surface area (Å²) in [6.07, 6.45) is 0.530. The number of sulfonamides is 1. The van der Waals surface area contributed by atoms with E-state index in [-0.39, 0.29) is 4.90 Å². The molecule has 3 rings (SSSR count). The summed E-state index contributed by atoms with van der Waals surface area (Å²) in [4.78, 5) is 2.54. The van der Waals surface area contributed by atoms with E-state index in [2.05, 4.69) is 9.93 Å². The number of hydrogen-bond acceptors (Lipinski definition) is 3. The highest BCUT2D eigenvalue weighted by atomic mass is 32.2. The Morgan fingerprint density at radius 3 is 1.88 bits per heavy atom. The Bertz CT molecular complexity index is 939. The molecule has 0 heterocycles. The van der Waals surface area contributed by atoms with E-state index in [4.69, 9.17) is 0 Å². The maximum Gasteiger partial charge on any atom is 0.276 e. The van der Waals surface area contributed by atoms with Gasteiger partial charge in [-0.15, -0.1) is 0 Å². The standard InChI is InChI=1S/C20H18N2O2S/c23-25(24,19-14-8-3-9-15-19)22-21-20(18-12-6-2-7-13-18)16-17-10-4-1-5-11-17/h1-15,22H,16H2/b21-20-. The van der Waals surface area contributed by atoms with Crippen molar-refractivity contribution in [3.8, 4) is 0 Å². The SMILES string of the molecule is O=S(=O)(N/N=C(/Cc1ccccc1)c1ccccc1)c1ccccc1. The summed E-state index contributed by atoms with van der Waals surface area (Å²) >= 11 is 0. The molecule has 0 bridgehead atoms. The van der Waals surface area contributed by atoms with E-state index in [1.165, 1.54) is 12.1 Å². The van der Waals surface area contributed by atoms with E-state index >= 15 is 0 Å². The molecule has 3 aromatic carbocycles. The highest BCUT2D eigenvalue weighted by Gasteiger charge is 2.13. The third-order valence-corrected chi connectivity index (χ3v) is 4.90. The largest absolute Gasteiger partial charge is 0.276 e. The average Bonchev–Trinajstić information content (AvgIpc) is 2.67. The van der Waals surface area contributed by atoms with E-state index in [1.54, 1.807) is 18.2 Å². The molecule has 0 saturated carbocycles. The Kier molecular flexibility index (Phi) is 5.26. The fourth-order valence-corrected chi connectivity index (χ4v) is 3.24. The molecule has 0 atom stereocenters. The number of hydrazone groups is 1. The molecule has 0 radical (unpaired) electrons. The van der Waals surface area contributed by atoms with Crippen molar-refractivity contribution < 1.29 is 8.42 Å². The molecule has 0 fully saturated rings. The lowest BCUT2D eigenvalue weighted by Crippen LogP contribution is -2.21. The summed E-state index contributed by atoms with van der Waals surface area (Å²) in [6.45, 7) is 0. The quantitative estimate of drug-likeness (QED) is 0.545. The summed E-state index contributed by atoms with van der Waals surface area (Å²) in [5.41, 5.74) is 2.59. The van der Waals surface area contributed by atoms with Crippen molar-refractivity contribution in [2.45, 2.75) is 11.3 Å². The zero-order valence-electron chi connectivity index (χ0n) is 13.5. The highest BCUT2D eigenvalue weighted by molar-refractivity contribution is 7.89. The minimum atomic E-state index is -3.69. The minimum Gasteiger partial charge on any atom is -0.200 e. The van der Waals surface area contributed by atoms with E-state index in [0.717, 1.165) is 11.1 Å². The molecule has 4 nitrogen and oxygen atoms in total. The highest BCUT2D eigenvalue weighted by Crippen LogP contribution is 2.11. The van der Waals surface area contributed by atoms with Crippen molar-refractivity contribution in [3.05, 3.63) is 102 Å². The van der Waals surface area contributed by atoms with Crippen molar-refractivity contribution in [1.29, 1.82) is 0 Å². The summed E-state index contributed by atoms with van der Waals surface area (Å²) in [6, 6.07) is 27.6. The molecular weight excluding hydrogens is 332 g/mol. The summed E-state index contributed by atoms with van der Waals surface area (Å²) in [7, 11) is -3.69. The predicted octanol–water partition coefficient (Wildman–Crippen LogP) is 3.61. The van der Waals surface area contributed by atoms with E-state index < -0.39 is 10.0 Å². The molecule has 0 aliphatic rings. The Morgan fingerprint density at radius 2 is 1.28 bits per heavy atom. The van der Waals surface area contributed by atoms with Crippen molar-refractivity contribution >= 4 is 15.7 Å². The van der Waals surface area contributed by atoms with Crippen LogP contribution in [0, 0.1) is 0 Å². The van der Waals surface area contributed by atoms with Crippen molar-refractivity contribution in [3.63, 3.8) is 0 Å². The summed E-state index contributed by atoms with van der Waals surface area (Å²) in [5.74, 6) is 0. The van der Waals surface area contributed by atoms with E-state index in [9.17, 15) is 8.42 Å². The summed E-state index contributed by atoms with van der Waals surface area (Å²) < 4.78 is 24.8. The minimum absolute atomic E-state index is 0.186. The summed E-state index contributed by atoms with van der Waals surface area (Å²) in [5, 5.41) is 4.22. The molecule has 0 aromatic heterocycles. The first-order chi connectivity index (χ1) is 12.1. The van der Waals surface area contributed by atoms with Crippen LogP contribution < -0.4 is 4.83 Å². The lowest BCUT2D eigenvalue weighted by Gasteiger charge is -2.09. The Labute approximate surface area is 147 Å². The van der Waals surface area contributed by atoms with Gasteiger partial charge >= 0.3 is 0 Å². The van der Waals surface area contributed by atoms with Crippen molar-refractivity contribution in [2.75, 3.05) is 0 Å². The van der Waals surface area contributed by atoms with Gasteiger partial charge in [0.05, 0.1) is 10.6 Å². The first-order valence-electron chi connectivity index (χ1n) is 7.88. The van der Waals surface area contributed by atoms with E-state index in [1.807, 2.05) is 60.7 Å². The van der Waals surface area contributed by atoms with Crippen LogP contribution in [0.2, 0.25) is 0 Å². The third kappa shape index (κ3) is 4.55. The van der Waals surface area contributed by atoms with Gasteiger partial charge in [-0.05, 0) is 23.3 Å². The van der Waals surface area contributed by atoms with Crippen LogP contribution in [0.15, 0.2) is 101 Å². The van der Waals surface area contributed by atoms with Gasteiger partial charge in [0.15, 0.2) is 0 Å². The van der Waals surface area contributed by atoms with Crippen LogP contribution in [-0.4, -0.2) is 14.1 Å². The van der Waals surface area contributed by atoms with Crippen LogP contribution in [0.4, 0.5) is 0 Å². The predicted molar refractivity (Wildman–Crippen MR) is 99.9 cm³/mol. The lowest BCUT2D eigenvalue weighted by molar-refractivity contribution is 0.584. The molecule has 3 aromatic rings. The number of rotatable bonds is 6. The molecular formula is C20H18N2O2S. The second-order valence-corrected chi connectivity index (χ2v) is 7.16. The molecule has 0 aliphatic carbocycles. The molecule has 5 heteroatoms. The zero-order valence-corrected chi connectivity index (χ0v) is 14.4. The Morgan fingerprint density at radius 1 is 0.760 bits per heavy atom. The van der Waals surface area contributed by atoms with Crippen molar-refractivity contribution in [2.24, 2.45) is 5.10 Å². The first-order valence-corrected chi connectivity index (χ1v) is 9.36. The second kappa shape index (κ2) is 7.77. The maximum absolute atomic E-state index is 12.4. The fraction of sp³-hybridized carbons (Fsp3) is 0.0500. The van der Waals surface area contributed by atoms with Crippen LogP contribution in [0.5, 0.6) is 0 Å². The fourth-order valence-electron chi connectivity index (χ4n) is 2.39. The van der Waals surface area contributed by atoms with Crippen LogP contribution in [-0.2, 0) is 16.4 Å². The molecule has 1 N–H and O–H groups in total. The zero-order chi connectivity index (χ0) is 17.5. The normalized spacial score (nSPS) is 11.9. The molecule has 0 unspecified atom stereocenters. The molecule has 0 saturated heterocycles. The third-order valence-electron chi connectivity index (χ3n) is 3.68. The van der Waals surface area contributed by atoms with Gasteiger partial charge in [-0.1, -0.05) is 78.9 Å². The van der Waals surface area contributed by atoms with Crippen LogP contribution in [0.25, 0.3) is 0 Å². The smallest absolute Gasteiger partial charge is 0.200 e. The van der Waals surface area contributed by atoms with Crippen LogP contribution in [0.3, 0.4) is 0 Å². The molecule has 0 amide bonds. The number of benzene rings is 3. The Balaban J connectivity index is 1.90. The number of hydrogen-bond donors (Lipinski definition) is 1. The van der Waals surface area contributed by atoms with Crippen molar-refractivity contribution in [1.82, 2.24) is 4.83 Å². The van der Waals surface area contributed by atoms with Gasteiger partial charge in [-0.25, -0.2) is 0 Å². The van der Waals surface area contributed by atoms with Gasteiger partial charge in [0.1, 0.15) is 0 Å². The average molecular weight is 350 g/mol. The number of nitrogens with zero attached hydrogens (tertiary/aromatic N) is 1. The van der Waals surface area contributed by atoms with Gasteiger partial charge < -0.3 is 0 Å². The monoisotopic (exact) mass is 350 g/mol. The molecule has 25 heavy (non-hydrogen) atoms. The molecule has 0 aliphatic heterocycles.